The molecule has 0 radical (unpaired) electrons. The Kier molecular flexibility index (Phi) is 3.79. The highest BCUT2D eigenvalue weighted by molar-refractivity contribution is 6.09. The summed E-state index contributed by atoms with van der Waals surface area (Å²) in [5.74, 6) is -0.0330. The Balaban J connectivity index is 1.76. The Morgan fingerprint density at radius 1 is 0.821 bits per heavy atom. The molecule has 0 spiro atoms. The summed E-state index contributed by atoms with van der Waals surface area (Å²) in [7, 11) is 0. The van der Waals surface area contributed by atoms with Crippen molar-refractivity contribution in [2.45, 2.75) is 13.5 Å². The first-order chi connectivity index (χ1) is 13.7. The lowest BCUT2D eigenvalue weighted by Gasteiger charge is -2.23. The Hall–Kier alpha value is -3.73. The van der Waals surface area contributed by atoms with Crippen molar-refractivity contribution in [1.29, 1.82) is 0 Å². The monoisotopic (exact) mass is 366 g/mol. The van der Waals surface area contributed by atoms with Crippen molar-refractivity contribution >= 4 is 11.6 Å². The molecule has 0 fully saturated rings. The van der Waals surface area contributed by atoms with Crippen LogP contribution in [0.15, 0.2) is 78.9 Å². The normalized spacial score (nSPS) is 13.0. The molecule has 2 heterocycles. The molecule has 1 amide bonds. The molecule has 0 saturated carbocycles. The molecule has 5 rings (SSSR count). The van der Waals surface area contributed by atoms with Gasteiger partial charge in [0.2, 0.25) is 0 Å². The second-order valence-corrected chi connectivity index (χ2v) is 6.86. The topological polar surface area (TPSA) is 51.0 Å². The predicted octanol–water partition coefficient (Wildman–Crippen LogP) is 4.40. The number of anilines is 1. The first kappa shape index (κ1) is 16.4. The third-order valence-corrected chi connectivity index (χ3v) is 5.13. The van der Waals surface area contributed by atoms with Crippen molar-refractivity contribution in [3.63, 3.8) is 0 Å². The number of carbonyl (C=O) groups excluding carboxylic acids is 1. The molecular formula is C23H18N4O. The lowest BCUT2D eigenvalue weighted by molar-refractivity contribution is 0.0986. The average Bonchev–Trinajstić information content (AvgIpc) is 3.11. The molecular weight excluding hydrogens is 348 g/mol. The highest BCUT2D eigenvalue weighted by atomic mass is 16.2. The van der Waals surface area contributed by atoms with E-state index in [9.17, 15) is 4.79 Å². The number of aryl methyl sites for hydroxylation is 1. The highest BCUT2D eigenvalue weighted by Crippen LogP contribution is 2.33. The molecule has 1 aromatic heterocycles. The molecule has 1 aliphatic heterocycles. The fourth-order valence-corrected chi connectivity index (χ4v) is 3.72. The van der Waals surface area contributed by atoms with Crippen LogP contribution >= 0.6 is 0 Å². The van der Waals surface area contributed by atoms with Crippen LogP contribution in [0.5, 0.6) is 0 Å². The number of aromatic nitrogens is 3. The third kappa shape index (κ3) is 2.52. The van der Waals surface area contributed by atoms with Crippen LogP contribution in [0.25, 0.3) is 16.9 Å². The predicted molar refractivity (Wildman–Crippen MR) is 108 cm³/mol. The summed E-state index contributed by atoms with van der Waals surface area (Å²) in [5, 5.41) is 8.87. The summed E-state index contributed by atoms with van der Waals surface area (Å²) in [6.45, 7) is 2.42. The van der Waals surface area contributed by atoms with Crippen LogP contribution in [0.2, 0.25) is 0 Å². The minimum atomic E-state index is -0.0330. The minimum absolute atomic E-state index is 0.0330. The first-order valence-corrected chi connectivity index (χ1v) is 9.21. The number of amides is 1. The van der Waals surface area contributed by atoms with E-state index in [4.69, 9.17) is 0 Å². The molecule has 0 atom stereocenters. The van der Waals surface area contributed by atoms with Gasteiger partial charge in [-0.2, -0.15) is 0 Å². The zero-order valence-electron chi connectivity index (χ0n) is 15.4. The smallest absolute Gasteiger partial charge is 0.260 e. The van der Waals surface area contributed by atoms with E-state index in [2.05, 4.69) is 10.3 Å². The van der Waals surface area contributed by atoms with Crippen molar-refractivity contribution in [1.82, 2.24) is 15.0 Å². The molecule has 0 N–H and O–H groups in total. The Morgan fingerprint density at radius 2 is 1.50 bits per heavy atom. The van der Waals surface area contributed by atoms with Crippen molar-refractivity contribution < 1.29 is 4.79 Å². The first-order valence-electron chi connectivity index (χ1n) is 9.21. The van der Waals surface area contributed by atoms with E-state index in [0.717, 1.165) is 33.9 Å². The van der Waals surface area contributed by atoms with E-state index in [1.54, 1.807) is 4.68 Å². The van der Waals surface area contributed by atoms with E-state index in [1.165, 1.54) is 0 Å². The summed E-state index contributed by atoms with van der Waals surface area (Å²) in [5.41, 5.74) is 6.01. The van der Waals surface area contributed by atoms with Gasteiger partial charge in [-0.1, -0.05) is 65.9 Å². The summed E-state index contributed by atoms with van der Waals surface area (Å²) in [6.07, 6.45) is 0. The second-order valence-electron chi connectivity index (χ2n) is 6.86. The summed E-state index contributed by atoms with van der Waals surface area (Å²) < 4.78 is 1.80. The Bertz CT molecular complexity index is 1180. The summed E-state index contributed by atoms with van der Waals surface area (Å²) in [4.78, 5) is 15.3. The van der Waals surface area contributed by atoms with Gasteiger partial charge in [-0.15, -0.1) is 5.10 Å². The highest BCUT2D eigenvalue weighted by Gasteiger charge is 2.30. The SMILES string of the molecule is Cc1ccccc1N1Cc2c(-c3ccccc3)nnn2-c2ccccc2C1=O. The third-order valence-electron chi connectivity index (χ3n) is 5.13. The molecule has 4 aromatic rings. The Morgan fingerprint density at radius 3 is 2.29 bits per heavy atom. The lowest BCUT2D eigenvalue weighted by Crippen LogP contribution is -2.30. The fraction of sp³-hybridized carbons (Fsp3) is 0.0870. The van der Waals surface area contributed by atoms with Crippen molar-refractivity contribution in [2.75, 3.05) is 4.90 Å². The van der Waals surface area contributed by atoms with Crippen LogP contribution in [-0.2, 0) is 6.54 Å². The molecule has 5 nitrogen and oxygen atoms in total. The van der Waals surface area contributed by atoms with Gasteiger partial charge in [0.25, 0.3) is 5.91 Å². The number of benzene rings is 3. The van der Waals surface area contributed by atoms with Crippen molar-refractivity contribution in [3.05, 3.63) is 95.7 Å². The molecule has 5 heteroatoms. The molecule has 136 valence electrons. The van der Waals surface area contributed by atoms with Crippen molar-refractivity contribution in [2.24, 2.45) is 0 Å². The zero-order chi connectivity index (χ0) is 19.1. The van der Waals surface area contributed by atoms with E-state index in [-0.39, 0.29) is 5.91 Å². The largest absolute Gasteiger partial charge is 0.302 e. The molecule has 3 aromatic carbocycles. The van der Waals surface area contributed by atoms with Crippen LogP contribution < -0.4 is 4.90 Å². The molecule has 28 heavy (non-hydrogen) atoms. The summed E-state index contributed by atoms with van der Waals surface area (Å²) >= 11 is 0. The fourth-order valence-electron chi connectivity index (χ4n) is 3.72. The maximum atomic E-state index is 13.5. The van der Waals surface area contributed by atoms with E-state index >= 15 is 0 Å². The van der Waals surface area contributed by atoms with Gasteiger partial charge in [-0.3, -0.25) is 4.79 Å². The molecule has 0 aliphatic carbocycles. The van der Waals surface area contributed by atoms with Crippen LogP contribution in [0.1, 0.15) is 21.6 Å². The second kappa shape index (κ2) is 6.46. The van der Waals surface area contributed by atoms with Crippen LogP contribution in [-0.4, -0.2) is 20.9 Å². The van der Waals surface area contributed by atoms with E-state index in [1.807, 2.05) is 90.7 Å². The quantitative estimate of drug-likeness (QED) is 0.528. The van der Waals surface area contributed by atoms with Gasteiger partial charge in [0.1, 0.15) is 5.69 Å². The number of para-hydroxylation sites is 2. The van der Waals surface area contributed by atoms with E-state index in [0.29, 0.717) is 12.1 Å². The van der Waals surface area contributed by atoms with Crippen LogP contribution in [0.3, 0.4) is 0 Å². The van der Waals surface area contributed by atoms with Gasteiger partial charge < -0.3 is 4.90 Å². The maximum Gasteiger partial charge on any atom is 0.260 e. The van der Waals surface area contributed by atoms with Gasteiger partial charge in [0.15, 0.2) is 0 Å². The Labute approximate surface area is 162 Å². The van der Waals surface area contributed by atoms with Gasteiger partial charge >= 0.3 is 0 Å². The number of hydrogen-bond donors (Lipinski definition) is 0. The number of rotatable bonds is 2. The molecule has 0 unspecified atom stereocenters. The summed E-state index contributed by atoms with van der Waals surface area (Å²) in [6, 6.07) is 25.5. The molecule has 0 saturated heterocycles. The van der Waals surface area contributed by atoms with Gasteiger partial charge in [0.05, 0.1) is 23.5 Å². The zero-order valence-corrected chi connectivity index (χ0v) is 15.4. The maximum absolute atomic E-state index is 13.5. The van der Waals surface area contributed by atoms with E-state index < -0.39 is 0 Å². The number of fused-ring (bicyclic) bond motifs is 3. The van der Waals surface area contributed by atoms with Crippen LogP contribution in [0.4, 0.5) is 5.69 Å². The van der Waals surface area contributed by atoms with Gasteiger partial charge in [0, 0.05) is 11.3 Å². The van der Waals surface area contributed by atoms with Gasteiger partial charge in [-0.25, -0.2) is 4.68 Å². The average molecular weight is 366 g/mol. The van der Waals surface area contributed by atoms with Crippen molar-refractivity contribution in [3.8, 4) is 16.9 Å². The minimum Gasteiger partial charge on any atom is -0.302 e. The standard InChI is InChI=1S/C23H18N4O/c1-16-9-5-7-13-19(16)26-15-21-22(17-10-3-2-4-11-17)24-25-27(21)20-14-8-6-12-18(20)23(26)28/h2-14H,15H2,1H3. The lowest BCUT2D eigenvalue weighted by atomic mass is 10.1. The molecule has 0 bridgehead atoms. The molecule has 1 aliphatic rings. The number of carbonyl (C=O) groups is 1. The number of nitrogens with zero attached hydrogens (tertiary/aromatic N) is 4. The number of hydrogen-bond acceptors (Lipinski definition) is 3. The van der Waals surface area contributed by atoms with Gasteiger partial charge in [-0.05, 0) is 30.7 Å². The van der Waals surface area contributed by atoms with Crippen LogP contribution in [0, 0.1) is 6.92 Å².